The van der Waals surface area contributed by atoms with E-state index in [0.717, 1.165) is 48.4 Å². The lowest BCUT2D eigenvalue weighted by atomic mass is 10.0. The van der Waals surface area contributed by atoms with Crippen molar-refractivity contribution in [3.05, 3.63) is 62.3 Å². The summed E-state index contributed by atoms with van der Waals surface area (Å²) in [7, 11) is 3.41. The Kier molecular flexibility index (Phi) is 7.26. The fourth-order valence-corrected chi connectivity index (χ4v) is 4.79. The zero-order valence-electron chi connectivity index (χ0n) is 19.5. The Bertz CT molecular complexity index is 1260. The second-order valence-electron chi connectivity index (χ2n) is 8.37. The van der Waals surface area contributed by atoms with Crippen LogP contribution in [0.15, 0.2) is 45.5 Å². The number of halogens is 2. The first-order valence-corrected chi connectivity index (χ1v) is 12.5. The number of hydrogen-bond acceptors (Lipinski definition) is 4. The van der Waals surface area contributed by atoms with Crippen LogP contribution in [0.3, 0.4) is 0 Å². The van der Waals surface area contributed by atoms with Gasteiger partial charge in [0, 0.05) is 25.4 Å². The zero-order valence-corrected chi connectivity index (χ0v) is 22.7. The smallest absolute Gasteiger partial charge is 0.145 e. The summed E-state index contributed by atoms with van der Waals surface area (Å²) in [6, 6.07) is 10.7. The molecule has 2 aromatic carbocycles. The molecular weight excluding hydrogens is 548 g/mol. The van der Waals surface area contributed by atoms with Crippen LogP contribution in [0, 0.1) is 6.92 Å². The first kappa shape index (κ1) is 24.0. The molecule has 4 aromatic rings. The minimum Gasteiger partial charge on any atom is -0.494 e. The molecule has 0 aliphatic carbocycles. The van der Waals surface area contributed by atoms with E-state index in [2.05, 4.69) is 85.7 Å². The van der Waals surface area contributed by atoms with Gasteiger partial charge in [0.1, 0.15) is 22.6 Å². The van der Waals surface area contributed by atoms with E-state index in [1.807, 2.05) is 17.8 Å². The predicted molar refractivity (Wildman–Crippen MR) is 139 cm³/mol. The topological polar surface area (TPSA) is 54.1 Å². The molecule has 0 amide bonds. The fraction of sp³-hybridized carbons (Fsp3) is 0.360. The number of nitrogens with zero attached hydrogens (tertiary/aromatic N) is 4. The summed E-state index contributed by atoms with van der Waals surface area (Å²) < 4.78 is 17.3. The maximum atomic E-state index is 5.85. The van der Waals surface area contributed by atoms with Crippen LogP contribution in [0.2, 0.25) is 0 Å². The molecule has 0 fully saturated rings. The number of methoxy groups -OCH3 is 2. The lowest BCUT2D eigenvalue weighted by Gasteiger charge is -2.14. The maximum absolute atomic E-state index is 5.85. The molecule has 0 radical (unpaired) electrons. The first-order chi connectivity index (χ1) is 15.8. The number of fused-ring (bicyclic) bond motifs is 1. The highest BCUT2D eigenvalue weighted by molar-refractivity contribution is 9.11. The van der Waals surface area contributed by atoms with Crippen molar-refractivity contribution in [2.45, 2.75) is 39.8 Å². The van der Waals surface area contributed by atoms with Crippen molar-refractivity contribution in [2.75, 3.05) is 20.8 Å². The molecule has 0 aliphatic rings. The Hall–Kier alpha value is -2.16. The number of rotatable bonds is 8. The van der Waals surface area contributed by atoms with Gasteiger partial charge in [0.05, 0.1) is 34.9 Å². The van der Waals surface area contributed by atoms with E-state index < -0.39 is 0 Å². The van der Waals surface area contributed by atoms with Gasteiger partial charge in [0.2, 0.25) is 0 Å². The summed E-state index contributed by atoms with van der Waals surface area (Å²) in [5.41, 5.74) is 6.19. The molecule has 174 valence electrons. The van der Waals surface area contributed by atoms with Crippen molar-refractivity contribution in [2.24, 2.45) is 0 Å². The lowest BCUT2D eigenvalue weighted by Crippen LogP contribution is -2.07. The monoisotopic (exact) mass is 574 g/mol. The number of benzene rings is 2. The molecule has 6 nitrogen and oxygen atoms in total. The molecule has 8 heteroatoms. The SMILES string of the molecule is COCCn1c(-c2ccc(C(C)C)cc2)nc2c(Br)c(Cn3cc(Br)c(C)n3)cc(OC)c21. The number of hydrogen-bond donors (Lipinski definition) is 0. The summed E-state index contributed by atoms with van der Waals surface area (Å²) in [6.07, 6.45) is 1.98. The second-order valence-corrected chi connectivity index (χ2v) is 10.0. The summed E-state index contributed by atoms with van der Waals surface area (Å²) in [5, 5.41) is 4.58. The van der Waals surface area contributed by atoms with Crippen molar-refractivity contribution in [3.8, 4) is 17.1 Å². The maximum Gasteiger partial charge on any atom is 0.145 e. The van der Waals surface area contributed by atoms with Crippen LogP contribution in [0.4, 0.5) is 0 Å². The van der Waals surface area contributed by atoms with Gasteiger partial charge in [0.15, 0.2) is 0 Å². The van der Waals surface area contributed by atoms with Gasteiger partial charge in [-0.2, -0.15) is 5.10 Å². The minimum absolute atomic E-state index is 0.481. The lowest BCUT2D eigenvalue weighted by molar-refractivity contribution is 0.188. The molecule has 0 aliphatic heterocycles. The molecule has 0 spiro atoms. The van der Waals surface area contributed by atoms with Crippen molar-refractivity contribution < 1.29 is 9.47 Å². The molecule has 0 atom stereocenters. The van der Waals surface area contributed by atoms with E-state index in [1.54, 1.807) is 14.2 Å². The summed E-state index contributed by atoms with van der Waals surface area (Å²) in [5.74, 6) is 2.15. The van der Waals surface area contributed by atoms with E-state index in [-0.39, 0.29) is 0 Å². The Morgan fingerprint density at radius 1 is 1.09 bits per heavy atom. The van der Waals surface area contributed by atoms with Gasteiger partial charge in [-0.05, 0) is 61.9 Å². The largest absolute Gasteiger partial charge is 0.494 e. The van der Waals surface area contributed by atoms with Crippen LogP contribution in [0.25, 0.3) is 22.4 Å². The van der Waals surface area contributed by atoms with Crippen LogP contribution < -0.4 is 4.74 Å². The van der Waals surface area contributed by atoms with Gasteiger partial charge in [-0.25, -0.2) is 4.98 Å². The number of aryl methyl sites for hydroxylation is 1. The van der Waals surface area contributed by atoms with Crippen molar-refractivity contribution >= 4 is 42.9 Å². The van der Waals surface area contributed by atoms with E-state index in [1.165, 1.54) is 5.56 Å². The average molecular weight is 576 g/mol. The van der Waals surface area contributed by atoms with Crippen LogP contribution >= 0.6 is 31.9 Å². The van der Waals surface area contributed by atoms with E-state index in [0.29, 0.717) is 25.6 Å². The summed E-state index contributed by atoms with van der Waals surface area (Å²) in [6.45, 7) is 8.22. The molecule has 0 bridgehead atoms. The Balaban J connectivity index is 1.88. The van der Waals surface area contributed by atoms with Crippen molar-refractivity contribution in [3.63, 3.8) is 0 Å². The zero-order chi connectivity index (χ0) is 23.7. The third-order valence-corrected chi connectivity index (χ3v) is 7.45. The van der Waals surface area contributed by atoms with E-state index >= 15 is 0 Å². The highest BCUT2D eigenvalue weighted by Crippen LogP contribution is 2.38. The van der Waals surface area contributed by atoms with Gasteiger partial charge < -0.3 is 14.0 Å². The van der Waals surface area contributed by atoms with Crippen LogP contribution in [-0.2, 0) is 17.8 Å². The quantitative estimate of drug-likeness (QED) is 0.239. The Labute approximate surface area is 211 Å². The Morgan fingerprint density at radius 3 is 2.39 bits per heavy atom. The molecule has 2 aromatic heterocycles. The standard InChI is InChI=1S/C25H28Br2N4O2/c1-15(2)17-6-8-18(9-7-17)25-28-23-22(27)19(13-30-14-20(26)16(3)29-30)12-21(33-5)24(23)31(25)10-11-32-4/h6-9,12,14-15H,10-11,13H2,1-5H3. The van der Waals surface area contributed by atoms with E-state index in [9.17, 15) is 0 Å². The number of imidazole rings is 1. The number of aromatic nitrogens is 4. The highest BCUT2D eigenvalue weighted by atomic mass is 79.9. The molecule has 33 heavy (non-hydrogen) atoms. The van der Waals surface area contributed by atoms with Crippen molar-refractivity contribution in [1.29, 1.82) is 0 Å². The minimum atomic E-state index is 0.481. The van der Waals surface area contributed by atoms with E-state index in [4.69, 9.17) is 14.5 Å². The molecule has 0 saturated carbocycles. The molecular formula is C25H28Br2N4O2. The van der Waals surface area contributed by atoms with Gasteiger partial charge in [-0.15, -0.1) is 0 Å². The third-order valence-electron chi connectivity index (χ3n) is 5.79. The van der Waals surface area contributed by atoms with Gasteiger partial charge in [0.25, 0.3) is 0 Å². The van der Waals surface area contributed by atoms with Crippen molar-refractivity contribution in [1.82, 2.24) is 19.3 Å². The number of ether oxygens (including phenoxy) is 2. The second kappa shape index (κ2) is 9.99. The van der Waals surface area contributed by atoms with Crippen LogP contribution in [0.5, 0.6) is 5.75 Å². The molecule has 0 saturated heterocycles. The van der Waals surface area contributed by atoms with Gasteiger partial charge in [-0.3, -0.25) is 4.68 Å². The third kappa shape index (κ3) is 4.74. The fourth-order valence-electron chi connectivity index (χ4n) is 3.96. The van der Waals surface area contributed by atoms with Crippen LogP contribution in [0.1, 0.15) is 36.6 Å². The predicted octanol–water partition coefficient (Wildman–Crippen LogP) is 6.56. The molecule has 0 unspecified atom stereocenters. The normalized spacial score (nSPS) is 11.6. The molecule has 0 N–H and O–H groups in total. The highest BCUT2D eigenvalue weighted by Gasteiger charge is 2.21. The summed E-state index contributed by atoms with van der Waals surface area (Å²) >= 11 is 7.38. The first-order valence-electron chi connectivity index (χ1n) is 10.9. The van der Waals surface area contributed by atoms with Crippen LogP contribution in [-0.4, -0.2) is 40.2 Å². The van der Waals surface area contributed by atoms with Gasteiger partial charge in [-0.1, -0.05) is 38.1 Å². The molecule has 2 heterocycles. The Morgan fingerprint density at radius 2 is 1.82 bits per heavy atom. The van der Waals surface area contributed by atoms with Gasteiger partial charge >= 0.3 is 0 Å². The summed E-state index contributed by atoms with van der Waals surface area (Å²) in [4.78, 5) is 5.09. The molecule has 4 rings (SSSR count). The average Bonchev–Trinajstić information content (AvgIpc) is 3.34.